The van der Waals surface area contributed by atoms with E-state index in [4.69, 9.17) is 18.9 Å². The Bertz CT molecular complexity index is 968. The third kappa shape index (κ3) is 6.95. The average molecular weight is 476 g/mol. The Balaban J connectivity index is 1.44. The summed E-state index contributed by atoms with van der Waals surface area (Å²) >= 11 is 1.40. The smallest absolute Gasteiger partial charge is 0.341 e. The number of nitrogens with one attached hydrogen (secondary N) is 1. The number of methoxy groups -OCH3 is 2. The Morgan fingerprint density at radius 1 is 1.00 bits per heavy atom. The lowest BCUT2D eigenvalue weighted by Crippen LogP contribution is -2.22. The van der Waals surface area contributed by atoms with Crippen molar-refractivity contribution >= 4 is 34.2 Å². The first-order chi connectivity index (χ1) is 16.0. The van der Waals surface area contributed by atoms with Gasteiger partial charge in [0.25, 0.3) is 5.91 Å². The van der Waals surface area contributed by atoms with Crippen LogP contribution in [-0.2, 0) is 31.9 Å². The minimum Gasteiger partial charge on any atom is -0.497 e. The number of esters is 2. The standard InChI is InChI=1S/C24H29NO7S/c1-29-16-10-12-17(13-11-16)31-14-6-9-21(27)32-15-20(26)25-23-22(24(28)30-2)18-7-4-3-5-8-19(18)33-23/h10-13H,3-9,14-15H2,1-2H3,(H,25,26). The van der Waals surface area contributed by atoms with Crippen LogP contribution in [0.1, 0.15) is 52.9 Å². The van der Waals surface area contributed by atoms with E-state index in [1.165, 1.54) is 18.4 Å². The van der Waals surface area contributed by atoms with E-state index in [0.717, 1.165) is 48.3 Å². The van der Waals surface area contributed by atoms with Crippen molar-refractivity contribution < 1.29 is 33.3 Å². The molecule has 0 fully saturated rings. The first-order valence-corrected chi connectivity index (χ1v) is 11.8. The number of thiophene rings is 1. The molecule has 0 saturated carbocycles. The number of anilines is 1. The van der Waals surface area contributed by atoms with Crippen molar-refractivity contribution in [3.63, 3.8) is 0 Å². The van der Waals surface area contributed by atoms with Crippen LogP contribution in [0.4, 0.5) is 5.00 Å². The lowest BCUT2D eigenvalue weighted by molar-refractivity contribution is -0.147. The van der Waals surface area contributed by atoms with Crippen LogP contribution in [0.3, 0.4) is 0 Å². The van der Waals surface area contributed by atoms with E-state index in [1.54, 1.807) is 31.4 Å². The highest BCUT2D eigenvalue weighted by atomic mass is 32.1. The van der Waals surface area contributed by atoms with Gasteiger partial charge in [0.15, 0.2) is 6.61 Å². The number of hydrogen-bond donors (Lipinski definition) is 1. The van der Waals surface area contributed by atoms with E-state index in [1.807, 2.05) is 0 Å². The van der Waals surface area contributed by atoms with Crippen LogP contribution in [-0.4, -0.2) is 45.3 Å². The molecule has 0 unspecified atom stereocenters. The maximum absolute atomic E-state index is 12.4. The predicted octanol–water partition coefficient (Wildman–Crippen LogP) is 4.15. The molecule has 0 bridgehead atoms. The fraction of sp³-hybridized carbons (Fsp3) is 0.458. The molecule has 1 amide bonds. The SMILES string of the molecule is COC(=O)c1c(NC(=O)COC(=O)CCCOc2ccc(OC)cc2)sc2c1CCCCC2. The fourth-order valence-electron chi connectivity index (χ4n) is 3.61. The number of carbonyl (C=O) groups excluding carboxylic acids is 3. The van der Waals surface area contributed by atoms with E-state index < -0.39 is 24.5 Å². The van der Waals surface area contributed by atoms with Gasteiger partial charge in [0.2, 0.25) is 0 Å². The molecule has 2 aromatic rings. The molecule has 1 aliphatic carbocycles. The van der Waals surface area contributed by atoms with Gasteiger partial charge >= 0.3 is 11.9 Å². The number of fused-ring (bicyclic) bond motifs is 1. The van der Waals surface area contributed by atoms with Gasteiger partial charge in [-0.2, -0.15) is 0 Å². The predicted molar refractivity (Wildman–Crippen MR) is 124 cm³/mol. The zero-order valence-corrected chi connectivity index (χ0v) is 19.8. The van der Waals surface area contributed by atoms with Crippen molar-refractivity contribution in [2.45, 2.75) is 44.9 Å². The van der Waals surface area contributed by atoms with Crippen molar-refractivity contribution in [1.82, 2.24) is 0 Å². The Hall–Kier alpha value is -3.07. The molecule has 1 aromatic heterocycles. The maximum atomic E-state index is 12.4. The first-order valence-electron chi connectivity index (χ1n) is 11.0. The molecule has 33 heavy (non-hydrogen) atoms. The molecule has 0 atom stereocenters. The Kier molecular flexibility index (Phi) is 9.12. The summed E-state index contributed by atoms with van der Waals surface area (Å²) in [4.78, 5) is 37.8. The van der Waals surface area contributed by atoms with Gasteiger partial charge in [0, 0.05) is 11.3 Å². The van der Waals surface area contributed by atoms with Gasteiger partial charge in [-0.15, -0.1) is 11.3 Å². The van der Waals surface area contributed by atoms with Crippen LogP contribution in [0.5, 0.6) is 11.5 Å². The highest BCUT2D eigenvalue weighted by Crippen LogP contribution is 2.37. The molecule has 1 N–H and O–H groups in total. The number of carbonyl (C=O) groups is 3. The summed E-state index contributed by atoms with van der Waals surface area (Å²) in [5.41, 5.74) is 1.39. The van der Waals surface area contributed by atoms with Crippen molar-refractivity contribution in [3.8, 4) is 11.5 Å². The summed E-state index contributed by atoms with van der Waals surface area (Å²) in [7, 11) is 2.92. The highest BCUT2D eigenvalue weighted by Gasteiger charge is 2.26. The van der Waals surface area contributed by atoms with Crippen LogP contribution >= 0.6 is 11.3 Å². The lowest BCUT2D eigenvalue weighted by atomic mass is 10.1. The van der Waals surface area contributed by atoms with Crippen molar-refractivity contribution in [2.75, 3.05) is 32.8 Å². The van der Waals surface area contributed by atoms with E-state index in [2.05, 4.69) is 5.32 Å². The van der Waals surface area contributed by atoms with Crippen LogP contribution in [0, 0.1) is 0 Å². The number of benzene rings is 1. The van der Waals surface area contributed by atoms with Gasteiger partial charge in [-0.1, -0.05) is 6.42 Å². The molecule has 8 nitrogen and oxygen atoms in total. The topological polar surface area (TPSA) is 100 Å². The van der Waals surface area contributed by atoms with Gasteiger partial charge in [-0.3, -0.25) is 9.59 Å². The third-order valence-corrected chi connectivity index (χ3v) is 6.49. The second-order valence-electron chi connectivity index (χ2n) is 7.60. The summed E-state index contributed by atoms with van der Waals surface area (Å²) in [5.74, 6) is -0.0167. The van der Waals surface area contributed by atoms with E-state index in [9.17, 15) is 14.4 Å². The molecule has 0 spiro atoms. The summed E-state index contributed by atoms with van der Waals surface area (Å²) in [6, 6.07) is 7.15. The van der Waals surface area contributed by atoms with E-state index >= 15 is 0 Å². The van der Waals surface area contributed by atoms with Crippen LogP contribution < -0.4 is 14.8 Å². The van der Waals surface area contributed by atoms with Gasteiger partial charge < -0.3 is 24.3 Å². The minimum atomic E-state index is -0.487. The number of hydrogen-bond acceptors (Lipinski definition) is 8. The third-order valence-electron chi connectivity index (χ3n) is 5.28. The summed E-state index contributed by atoms with van der Waals surface area (Å²) in [6.07, 6.45) is 5.43. The van der Waals surface area contributed by atoms with Gasteiger partial charge in [0.05, 0.1) is 26.4 Å². The monoisotopic (exact) mass is 475 g/mol. The lowest BCUT2D eigenvalue weighted by Gasteiger charge is -2.09. The van der Waals surface area contributed by atoms with Gasteiger partial charge in [-0.05, 0) is 61.9 Å². The zero-order chi connectivity index (χ0) is 23.6. The molecule has 9 heteroatoms. The van der Waals surface area contributed by atoms with Crippen LogP contribution in [0.2, 0.25) is 0 Å². The number of rotatable bonds is 10. The molecular formula is C24H29NO7S. The molecule has 178 valence electrons. The molecule has 1 aliphatic rings. The molecule has 0 saturated heterocycles. The van der Waals surface area contributed by atoms with Crippen molar-refractivity contribution in [1.29, 1.82) is 0 Å². The molecule has 3 rings (SSSR count). The average Bonchev–Trinajstić information content (AvgIpc) is 3.00. The summed E-state index contributed by atoms with van der Waals surface area (Å²) < 4.78 is 20.7. The fourth-order valence-corrected chi connectivity index (χ4v) is 4.90. The normalized spacial score (nSPS) is 12.8. The van der Waals surface area contributed by atoms with E-state index in [0.29, 0.717) is 29.3 Å². The second kappa shape index (κ2) is 12.2. The van der Waals surface area contributed by atoms with Gasteiger partial charge in [-0.25, -0.2) is 4.79 Å². The quantitative estimate of drug-likeness (QED) is 0.313. The Morgan fingerprint density at radius 2 is 1.73 bits per heavy atom. The van der Waals surface area contributed by atoms with Gasteiger partial charge in [0.1, 0.15) is 16.5 Å². The zero-order valence-electron chi connectivity index (χ0n) is 18.9. The summed E-state index contributed by atoms with van der Waals surface area (Å²) in [5, 5.41) is 3.18. The van der Waals surface area contributed by atoms with Crippen molar-refractivity contribution in [3.05, 3.63) is 40.3 Å². The number of ether oxygens (including phenoxy) is 4. The second-order valence-corrected chi connectivity index (χ2v) is 8.70. The highest BCUT2D eigenvalue weighted by molar-refractivity contribution is 7.17. The Morgan fingerprint density at radius 3 is 2.45 bits per heavy atom. The Labute approximate surface area is 197 Å². The molecule has 1 heterocycles. The molecule has 1 aromatic carbocycles. The van der Waals surface area contributed by atoms with E-state index in [-0.39, 0.29) is 6.42 Å². The summed E-state index contributed by atoms with van der Waals surface area (Å²) in [6.45, 7) is -0.0712. The first kappa shape index (κ1) is 24.6. The van der Waals surface area contributed by atoms with Crippen molar-refractivity contribution in [2.24, 2.45) is 0 Å². The van der Waals surface area contributed by atoms with Crippen LogP contribution in [0.25, 0.3) is 0 Å². The number of aryl methyl sites for hydroxylation is 1. The minimum absolute atomic E-state index is 0.129. The number of amides is 1. The van der Waals surface area contributed by atoms with Crippen LogP contribution in [0.15, 0.2) is 24.3 Å². The molecule has 0 radical (unpaired) electrons. The largest absolute Gasteiger partial charge is 0.497 e. The maximum Gasteiger partial charge on any atom is 0.341 e. The molecular weight excluding hydrogens is 446 g/mol. The molecule has 0 aliphatic heterocycles.